The van der Waals surface area contributed by atoms with E-state index in [4.69, 9.17) is 22.1 Å². The molecule has 1 fully saturated rings. The summed E-state index contributed by atoms with van der Waals surface area (Å²) in [7, 11) is 0. The number of hydrogen-bond donors (Lipinski definition) is 2. The van der Waals surface area contributed by atoms with Crippen molar-refractivity contribution in [3.05, 3.63) is 65.2 Å². The SMILES string of the molecule is NC(=O)C1(N(CO)c2cccc(Cl)c2)CCN(C(=O)OCc2ccccc2)CC1. The molecule has 0 bridgehead atoms. The first-order valence-corrected chi connectivity index (χ1v) is 9.74. The van der Waals surface area contributed by atoms with Crippen LogP contribution in [0.15, 0.2) is 54.6 Å². The standard InChI is InChI=1S/C21H24ClN3O4/c22-17-7-4-8-18(13-17)25(15-26)21(19(23)27)9-11-24(12-10-21)20(28)29-14-16-5-2-1-3-6-16/h1-8,13,26H,9-12,14-15H2,(H2,23,27). The number of carbonyl (C=O) groups is 2. The summed E-state index contributed by atoms with van der Waals surface area (Å²) in [4.78, 5) is 27.9. The van der Waals surface area contributed by atoms with Gasteiger partial charge in [0.05, 0.1) is 0 Å². The molecule has 1 heterocycles. The lowest BCUT2D eigenvalue weighted by Crippen LogP contribution is -2.63. The largest absolute Gasteiger partial charge is 0.445 e. The van der Waals surface area contributed by atoms with E-state index in [2.05, 4.69) is 0 Å². The van der Waals surface area contributed by atoms with E-state index in [-0.39, 0.29) is 32.5 Å². The number of benzene rings is 2. The Morgan fingerprint density at radius 2 is 1.83 bits per heavy atom. The molecule has 8 heteroatoms. The zero-order chi connectivity index (χ0) is 20.9. The van der Waals surface area contributed by atoms with Crippen LogP contribution in [-0.4, -0.2) is 47.4 Å². The molecule has 3 N–H and O–H groups in total. The number of aliphatic hydroxyl groups is 1. The summed E-state index contributed by atoms with van der Waals surface area (Å²) in [5.41, 5.74) is 6.13. The number of rotatable bonds is 6. The number of piperidine rings is 1. The lowest BCUT2D eigenvalue weighted by atomic mass is 9.84. The highest BCUT2D eigenvalue weighted by Crippen LogP contribution is 2.34. The summed E-state index contributed by atoms with van der Waals surface area (Å²) in [5.74, 6) is -0.552. The van der Waals surface area contributed by atoms with Crippen molar-refractivity contribution in [2.75, 3.05) is 24.7 Å². The van der Waals surface area contributed by atoms with Gasteiger partial charge in [-0.2, -0.15) is 0 Å². The molecule has 154 valence electrons. The average Bonchev–Trinajstić information content (AvgIpc) is 2.73. The van der Waals surface area contributed by atoms with Crippen molar-refractivity contribution in [1.29, 1.82) is 0 Å². The van der Waals surface area contributed by atoms with Crippen LogP contribution < -0.4 is 10.6 Å². The molecular weight excluding hydrogens is 394 g/mol. The third kappa shape index (κ3) is 4.63. The Bertz CT molecular complexity index is 854. The van der Waals surface area contributed by atoms with Gasteiger partial charge in [0, 0.05) is 23.8 Å². The van der Waals surface area contributed by atoms with Gasteiger partial charge < -0.3 is 25.4 Å². The average molecular weight is 418 g/mol. The number of nitrogens with zero attached hydrogens (tertiary/aromatic N) is 2. The third-order valence-electron chi connectivity index (χ3n) is 5.29. The molecule has 0 saturated carbocycles. The van der Waals surface area contributed by atoms with E-state index in [1.807, 2.05) is 30.3 Å². The number of aliphatic hydroxyl groups excluding tert-OH is 1. The van der Waals surface area contributed by atoms with Crippen molar-refractivity contribution in [2.24, 2.45) is 5.73 Å². The van der Waals surface area contributed by atoms with E-state index in [1.165, 1.54) is 0 Å². The van der Waals surface area contributed by atoms with E-state index in [0.717, 1.165) is 5.56 Å². The van der Waals surface area contributed by atoms with Gasteiger partial charge in [0.15, 0.2) is 0 Å². The molecule has 0 unspecified atom stereocenters. The number of hydrogen-bond acceptors (Lipinski definition) is 5. The number of carbonyl (C=O) groups excluding carboxylic acids is 2. The fourth-order valence-electron chi connectivity index (χ4n) is 3.63. The topological polar surface area (TPSA) is 96.1 Å². The first-order chi connectivity index (χ1) is 14.0. The molecular formula is C21H24ClN3O4. The minimum atomic E-state index is -1.12. The van der Waals surface area contributed by atoms with E-state index < -0.39 is 24.3 Å². The summed E-state index contributed by atoms with van der Waals surface area (Å²) < 4.78 is 5.37. The molecule has 0 aromatic heterocycles. The molecule has 2 aromatic rings. The molecule has 1 saturated heterocycles. The highest BCUT2D eigenvalue weighted by atomic mass is 35.5. The third-order valence-corrected chi connectivity index (χ3v) is 5.53. The number of likely N-dealkylation sites (tertiary alicyclic amines) is 1. The van der Waals surface area contributed by atoms with Gasteiger partial charge in [-0.25, -0.2) is 4.79 Å². The summed E-state index contributed by atoms with van der Waals surface area (Å²) >= 11 is 6.07. The Morgan fingerprint density at radius 3 is 2.41 bits per heavy atom. The first kappa shape index (κ1) is 21.0. The number of anilines is 1. The smallest absolute Gasteiger partial charge is 0.410 e. The summed E-state index contributed by atoms with van der Waals surface area (Å²) in [6.07, 6.45) is 0.108. The molecule has 3 rings (SSSR count). The Kier molecular flexibility index (Phi) is 6.61. The molecule has 0 radical (unpaired) electrons. The van der Waals surface area contributed by atoms with Crippen molar-refractivity contribution in [3.8, 4) is 0 Å². The van der Waals surface area contributed by atoms with Gasteiger partial charge in [-0.3, -0.25) is 4.79 Å². The van der Waals surface area contributed by atoms with E-state index in [9.17, 15) is 14.7 Å². The Morgan fingerprint density at radius 1 is 1.14 bits per heavy atom. The van der Waals surface area contributed by atoms with Crippen molar-refractivity contribution in [1.82, 2.24) is 4.90 Å². The normalized spacial score (nSPS) is 15.6. The zero-order valence-electron chi connectivity index (χ0n) is 16.0. The van der Waals surface area contributed by atoms with Crippen LogP contribution in [0.1, 0.15) is 18.4 Å². The molecule has 0 spiro atoms. The maximum Gasteiger partial charge on any atom is 0.410 e. The first-order valence-electron chi connectivity index (χ1n) is 9.36. The number of halogens is 1. The van der Waals surface area contributed by atoms with Gasteiger partial charge in [0.1, 0.15) is 18.9 Å². The van der Waals surface area contributed by atoms with Crippen molar-refractivity contribution < 1.29 is 19.4 Å². The predicted molar refractivity (Wildman–Crippen MR) is 110 cm³/mol. The maximum absolute atomic E-state index is 12.4. The molecule has 0 atom stereocenters. The highest BCUT2D eigenvalue weighted by Gasteiger charge is 2.46. The van der Waals surface area contributed by atoms with Crippen LogP contribution in [-0.2, 0) is 16.1 Å². The number of nitrogens with two attached hydrogens (primary N) is 1. The summed E-state index contributed by atoms with van der Waals surface area (Å²) in [6.45, 7) is 0.353. The van der Waals surface area contributed by atoms with Crippen LogP contribution in [0.2, 0.25) is 5.02 Å². The number of ether oxygens (including phenoxy) is 1. The minimum absolute atomic E-state index is 0.183. The second kappa shape index (κ2) is 9.15. The van der Waals surface area contributed by atoms with Crippen molar-refractivity contribution in [2.45, 2.75) is 25.0 Å². The van der Waals surface area contributed by atoms with Crippen LogP contribution in [0, 0.1) is 0 Å². The van der Waals surface area contributed by atoms with Gasteiger partial charge in [-0.05, 0) is 36.6 Å². The number of amides is 2. The Balaban J connectivity index is 1.69. The Hall–Kier alpha value is -2.77. The van der Waals surface area contributed by atoms with Crippen LogP contribution in [0.3, 0.4) is 0 Å². The monoisotopic (exact) mass is 417 g/mol. The highest BCUT2D eigenvalue weighted by molar-refractivity contribution is 6.30. The maximum atomic E-state index is 12.4. The second-order valence-corrected chi connectivity index (χ2v) is 7.41. The van der Waals surface area contributed by atoms with Crippen LogP contribution >= 0.6 is 11.6 Å². The van der Waals surface area contributed by atoms with Crippen LogP contribution in [0.4, 0.5) is 10.5 Å². The number of primary amides is 1. The van der Waals surface area contributed by atoms with Gasteiger partial charge in [0.25, 0.3) is 0 Å². The lowest BCUT2D eigenvalue weighted by Gasteiger charge is -2.46. The molecule has 1 aliphatic heterocycles. The summed E-state index contributed by atoms with van der Waals surface area (Å²) in [6, 6.07) is 16.3. The van der Waals surface area contributed by atoms with Gasteiger partial charge in [0.2, 0.25) is 5.91 Å². The fraction of sp³-hybridized carbons (Fsp3) is 0.333. The molecule has 2 aromatic carbocycles. The van der Waals surface area contributed by atoms with Crippen LogP contribution in [0.5, 0.6) is 0 Å². The lowest BCUT2D eigenvalue weighted by molar-refractivity contribution is -0.125. The summed E-state index contributed by atoms with van der Waals surface area (Å²) in [5, 5.41) is 10.5. The Labute approximate surface area is 174 Å². The van der Waals surface area contributed by atoms with Crippen LogP contribution in [0.25, 0.3) is 0 Å². The molecule has 2 amide bonds. The minimum Gasteiger partial charge on any atom is -0.445 e. The molecule has 1 aliphatic rings. The fourth-order valence-corrected chi connectivity index (χ4v) is 3.81. The van der Waals surface area contributed by atoms with E-state index in [1.54, 1.807) is 34.1 Å². The van der Waals surface area contributed by atoms with Gasteiger partial charge in [-0.1, -0.05) is 48.0 Å². The van der Waals surface area contributed by atoms with Crippen molar-refractivity contribution >= 4 is 29.3 Å². The predicted octanol–water partition coefficient (Wildman–Crippen LogP) is 2.75. The molecule has 7 nitrogen and oxygen atoms in total. The van der Waals surface area contributed by atoms with Crippen molar-refractivity contribution in [3.63, 3.8) is 0 Å². The molecule has 29 heavy (non-hydrogen) atoms. The van der Waals surface area contributed by atoms with Gasteiger partial charge >= 0.3 is 6.09 Å². The quantitative estimate of drug-likeness (QED) is 0.704. The van der Waals surface area contributed by atoms with E-state index in [0.29, 0.717) is 10.7 Å². The zero-order valence-corrected chi connectivity index (χ0v) is 16.7. The second-order valence-electron chi connectivity index (χ2n) is 6.97. The van der Waals surface area contributed by atoms with Gasteiger partial charge in [-0.15, -0.1) is 0 Å². The van der Waals surface area contributed by atoms with E-state index >= 15 is 0 Å². The molecule has 0 aliphatic carbocycles.